The summed E-state index contributed by atoms with van der Waals surface area (Å²) in [6.45, 7) is 16.1. The fourth-order valence-corrected chi connectivity index (χ4v) is 11.1. The van der Waals surface area contributed by atoms with E-state index in [2.05, 4.69) is 38.2 Å². The Labute approximate surface area is 379 Å². The van der Waals surface area contributed by atoms with Crippen LogP contribution in [0.5, 0.6) is 0 Å². The molecule has 6 heterocycles. The maximum absolute atomic E-state index is 14.4. The lowest BCUT2D eigenvalue weighted by Gasteiger charge is -2.48. The third kappa shape index (κ3) is 9.94. The molecule has 7 aliphatic rings. The number of carbonyl (C=O) groups is 1. The van der Waals surface area contributed by atoms with Gasteiger partial charge in [-0.1, -0.05) is 70.6 Å². The van der Waals surface area contributed by atoms with Gasteiger partial charge in [0.15, 0.2) is 24.7 Å². The molecule has 4 saturated heterocycles. The molecule has 0 aromatic carbocycles. The number of aliphatic hydroxyl groups excluding tert-OH is 2. The number of carbonyl (C=O) groups excluding carboxylic acids is 1. The second-order valence-corrected chi connectivity index (χ2v) is 19.4. The molecule has 1 unspecified atom stereocenters. The van der Waals surface area contributed by atoms with Crippen molar-refractivity contribution in [3.05, 3.63) is 59.3 Å². The molecule has 64 heavy (non-hydrogen) atoms. The number of nitrogens with one attached hydrogen (secondary N) is 1. The van der Waals surface area contributed by atoms with E-state index in [1.807, 2.05) is 46.9 Å². The number of likely N-dealkylation sites (N-methyl/N-ethyl adjacent to an activating group) is 1. The molecule has 21 atom stereocenters. The van der Waals surface area contributed by atoms with Gasteiger partial charge >= 0.3 is 5.97 Å². The smallest absolute Gasteiger partial charge is 0.316 e. The standard InChI is InChI=1S/C49H75NO14/c1-12-25(2)43-28(5)18-19-48(64-43)24-33-21-32(63-48)17-16-27(4)42(26(3)14-13-15-34-46(52)62-45-41(51)29(6)20-35(47(53)59-33)49(34,45)54)60-39-23-37(56-11)44(31(8)58-39)61-38-22-36(55-10)40(50-9)30(7)57-38/h13-16,18-20,25-26,28,30-33,35-46,50-52,54H,12,17,21-24H2,1-11H3/b14-13+,27-16+,34-15+/t25-,26-,28-,30-,31-,32+,33-,35-,36-,37-,38-,39-,40-,41+,42-,43+,44-,45+,46?,48+,49+/m0/s1. The van der Waals surface area contributed by atoms with Crippen molar-refractivity contribution in [2.24, 2.45) is 23.7 Å². The molecule has 0 radical (unpaired) electrons. The van der Waals surface area contributed by atoms with Gasteiger partial charge in [-0.3, -0.25) is 4.79 Å². The zero-order chi connectivity index (χ0) is 46.2. The number of aliphatic hydroxyl groups is 3. The lowest BCUT2D eigenvalue weighted by Crippen LogP contribution is -2.58. The maximum atomic E-state index is 14.4. The average Bonchev–Trinajstić information content (AvgIpc) is 3.53. The van der Waals surface area contributed by atoms with E-state index in [9.17, 15) is 20.1 Å². The minimum absolute atomic E-state index is 0.0304. The van der Waals surface area contributed by atoms with E-state index in [1.165, 1.54) is 6.08 Å². The van der Waals surface area contributed by atoms with Crippen LogP contribution in [0.4, 0.5) is 0 Å². The molecule has 0 amide bonds. The molecule has 0 aromatic rings. The Balaban J connectivity index is 1.19. The van der Waals surface area contributed by atoms with Gasteiger partial charge in [-0.05, 0) is 64.3 Å². The van der Waals surface area contributed by atoms with Crippen molar-refractivity contribution in [3.8, 4) is 0 Å². The first-order valence-corrected chi connectivity index (χ1v) is 23.5. The Bertz CT molecular complexity index is 1780. The normalized spacial score (nSPS) is 49.2. The van der Waals surface area contributed by atoms with Gasteiger partial charge in [0.25, 0.3) is 0 Å². The molecule has 2 bridgehead atoms. The molecule has 360 valence electrons. The van der Waals surface area contributed by atoms with Crippen LogP contribution in [0.1, 0.15) is 93.9 Å². The minimum Gasteiger partial charge on any atom is -0.462 e. The molecule has 6 aliphatic heterocycles. The van der Waals surface area contributed by atoms with Gasteiger partial charge in [0, 0.05) is 57.3 Å². The van der Waals surface area contributed by atoms with E-state index in [1.54, 1.807) is 33.3 Å². The Hall–Kier alpha value is -2.35. The number of ether oxygens (including phenoxy) is 10. The SMILES string of the molecule is CC[C@H](C)[C@H]1O[C@]2(C=C[C@@H]1C)C[C@@H]1C[C@@H](C/C=C(\C)[C@@H](O[C@H]3C[C@H](OC)[C@@H](O[C@H]4C[C@H](OC)[C@@H](NC)[C@H](C)O4)[C@H](C)O3)[C@@H](C)/C=C/C=C3\C(O)O[C@@H]4[C@H](O)C(C)=C[C@@H](C(=O)O1)[C@]34O)O2. The second kappa shape index (κ2) is 20.5. The zero-order valence-corrected chi connectivity index (χ0v) is 39.6. The van der Waals surface area contributed by atoms with Crippen LogP contribution in [0.25, 0.3) is 0 Å². The molecule has 4 N–H and O–H groups in total. The summed E-state index contributed by atoms with van der Waals surface area (Å²) < 4.78 is 64.2. The van der Waals surface area contributed by atoms with Crippen molar-refractivity contribution in [3.63, 3.8) is 0 Å². The number of hydrogen-bond acceptors (Lipinski definition) is 15. The zero-order valence-electron chi connectivity index (χ0n) is 39.6. The van der Waals surface area contributed by atoms with E-state index in [-0.39, 0.29) is 60.2 Å². The van der Waals surface area contributed by atoms with Gasteiger partial charge in [-0.25, -0.2) is 0 Å². The molecule has 0 saturated carbocycles. The van der Waals surface area contributed by atoms with Crippen molar-refractivity contribution in [2.75, 3.05) is 21.3 Å². The Morgan fingerprint density at radius 2 is 1.59 bits per heavy atom. The third-order valence-electron chi connectivity index (χ3n) is 14.9. The van der Waals surface area contributed by atoms with Crippen molar-refractivity contribution in [1.29, 1.82) is 0 Å². The quantitative estimate of drug-likeness (QED) is 0.181. The Morgan fingerprint density at radius 1 is 0.891 bits per heavy atom. The second-order valence-electron chi connectivity index (χ2n) is 19.4. The molecular weight excluding hydrogens is 827 g/mol. The van der Waals surface area contributed by atoms with Gasteiger partial charge in [-0.2, -0.15) is 0 Å². The highest BCUT2D eigenvalue weighted by Crippen LogP contribution is 2.49. The van der Waals surface area contributed by atoms with Crippen LogP contribution >= 0.6 is 0 Å². The molecule has 1 aliphatic carbocycles. The van der Waals surface area contributed by atoms with Gasteiger partial charge < -0.3 is 68.0 Å². The van der Waals surface area contributed by atoms with Crippen LogP contribution in [0.15, 0.2) is 59.3 Å². The van der Waals surface area contributed by atoms with Crippen LogP contribution in [-0.4, -0.2) is 146 Å². The van der Waals surface area contributed by atoms with E-state index >= 15 is 0 Å². The van der Waals surface area contributed by atoms with Crippen molar-refractivity contribution in [2.45, 2.75) is 197 Å². The van der Waals surface area contributed by atoms with Crippen molar-refractivity contribution >= 4 is 5.97 Å². The van der Waals surface area contributed by atoms with Crippen LogP contribution in [0.2, 0.25) is 0 Å². The topological polar surface area (TPSA) is 182 Å². The summed E-state index contributed by atoms with van der Waals surface area (Å²) in [5.74, 6) is -2.99. The summed E-state index contributed by atoms with van der Waals surface area (Å²) in [7, 11) is 5.26. The summed E-state index contributed by atoms with van der Waals surface area (Å²) in [4.78, 5) is 14.4. The molecule has 1 spiro atoms. The number of fused-ring (bicyclic) bond motifs is 2. The number of allylic oxidation sites excluding steroid dienone is 2. The van der Waals surface area contributed by atoms with E-state index < -0.39 is 84.9 Å². The number of hydrogen-bond donors (Lipinski definition) is 4. The predicted molar refractivity (Wildman–Crippen MR) is 235 cm³/mol. The minimum atomic E-state index is -2.11. The molecular formula is C49H75NO14. The lowest BCUT2D eigenvalue weighted by atomic mass is 9.70. The van der Waals surface area contributed by atoms with Crippen LogP contribution in [0.3, 0.4) is 0 Å². The first-order valence-electron chi connectivity index (χ1n) is 23.5. The molecule has 15 heteroatoms. The number of esters is 1. The summed E-state index contributed by atoms with van der Waals surface area (Å²) in [5.41, 5.74) is -0.703. The molecule has 0 aromatic heterocycles. The largest absolute Gasteiger partial charge is 0.462 e. The van der Waals surface area contributed by atoms with Gasteiger partial charge in [0.2, 0.25) is 0 Å². The van der Waals surface area contributed by atoms with Gasteiger partial charge in [-0.15, -0.1) is 0 Å². The highest BCUT2D eigenvalue weighted by atomic mass is 16.7. The van der Waals surface area contributed by atoms with Gasteiger partial charge in [0.05, 0.1) is 48.8 Å². The monoisotopic (exact) mass is 902 g/mol. The van der Waals surface area contributed by atoms with E-state index in [0.29, 0.717) is 31.3 Å². The molecule has 7 rings (SSSR count). The molecule has 15 nitrogen and oxygen atoms in total. The Kier molecular flexibility index (Phi) is 15.9. The summed E-state index contributed by atoms with van der Waals surface area (Å²) in [6.07, 6.45) is 7.40. The van der Waals surface area contributed by atoms with Gasteiger partial charge in [0.1, 0.15) is 35.9 Å². The number of rotatable bonds is 9. The van der Waals surface area contributed by atoms with Crippen LogP contribution in [-0.2, 0) is 52.2 Å². The maximum Gasteiger partial charge on any atom is 0.316 e. The highest BCUT2D eigenvalue weighted by Gasteiger charge is 2.63. The summed E-state index contributed by atoms with van der Waals surface area (Å²) in [5, 5.41) is 38.3. The van der Waals surface area contributed by atoms with Crippen molar-refractivity contribution in [1.82, 2.24) is 5.32 Å². The highest BCUT2D eigenvalue weighted by molar-refractivity contribution is 5.78. The lowest BCUT2D eigenvalue weighted by molar-refractivity contribution is -0.312. The predicted octanol–water partition coefficient (Wildman–Crippen LogP) is 4.92. The average molecular weight is 902 g/mol. The van der Waals surface area contributed by atoms with E-state index in [0.717, 1.165) is 12.0 Å². The van der Waals surface area contributed by atoms with Crippen LogP contribution < -0.4 is 5.32 Å². The van der Waals surface area contributed by atoms with E-state index in [4.69, 9.17) is 47.4 Å². The van der Waals surface area contributed by atoms with Crippen molar-refractivity contribution < 1.29 is 67.5 Å². The fraction of sp³-hybridized carbons (Fsp3) is 0.776. The van der Waals surface area contributed by atoms with Crippen LogP contribution in [0, 0.1) is 23.7 Å². The summed E-state index contributed by atoms with van der Waals surface area (Å²) >= 11 is 0. The molecule has 4 fully saturated rings. The Morgan fingerprint density at radius 3 is 2.30 bits per heavy atom. The first kappa shape index (κ1) is 49.6. The third-order valence-corrected chi connectivity index (χ3v) is 14.9. The fourth-order valence-electron chi connectivity index (χ4n) is 11.1. The first-order chi connectivity index (χ1) is 30.4. The summed E-state index contributed by atoms with van der Waals surface area (Å²) in [6, 6.07) is 0.0304. The number of methoxy groups -OCH3 is 2.